The van der Waals surface area contributed by atoms with Crippen LogP contribution in [0.3, 0.4) is 0 Å². The van der Waals surface area contributed by atoms with Crippen LogP contribution in [0.15, 0.2) is 30.3 Å². The Labute approximate surface area is 106 Å². The number of nitrogens with two attached hydrogens (primary N) is 1. The first-order chi connectivity index (χ1) is 8.72. The van der Waals surface area contributed by atoms with Crippen molar-refractivity contribution < 1.29 is 0 Å². The lowest BCUT2D eigenvalue weighted by Crippen LogP contribution is -2.31. The summed E-state index contributed by atoms with van der Waals surface area (Å²) in [7, 11) is 0. The maximum Gasteiger partial charge on any atom is 0.222 e. The molecule has 0 fully saturated rings. The molecule has 4 nitrogen and oxygen atoms in total. The second kappa shape index (κ2) is 4.29. The van der Waals surface area contributed by atoms with Crippen molar-refractivity contribution in [1.29, 1.82) is 0 Å². The van der Waals surface area contributed by atoms with Crippen LogP contribution in [0.5, 0.6) is 0 Å². The predicted molar refractivity (Wildman–Crippen MR) is 72.4 cm³/mol. The summed E-state index contributed by atoms with van der Waals surface area (Å²) in [6.45, 7) is 3.82. The Balaban J connectivity index is 1.91. The van der Waals surface area contributed by atoms with Gasteiger partial charge >= 0.3 is 0 Å². The van der Waals surface area contributed by atoms with Gasteiger partial charge in [-0.1, -0.05) is 24.3 Å². The molecule has 0 atom stereocenters. The fourth-order valence-electron chi connectivity index (χ4n) is 2.43. The van der Waals surface area contributed by atoms with Crippen molar-refractivity contribution >= 4 is 11.8 Å². The molecular weight excluding hydrogens is 224 g/mol. The molecule has 0 saturated heterocycles. The van der Waals surface area contributed by atoms with Gasteiger partial charge in [-0.2, -0.15) is 4.98 Å². The minimum absolute atomic E-state index is 0.351. The maximum absolute atomic E-state index is 5.71. The van der Waals surface area contributed by atoms with E-state index in [4.69, 9.17) is 5.73 Å². The van der Waals surface area contributed by atoms with E-state index in [0.717, 1.165) is 31.0 Å². The number of rotatable bonds is 1. The van der Waals surface area contributed by atoms with Gasteiger partial charge < -0.3 is 10.6 Å². The highest BCUT2D eigenvalue weighted by Gasteiger charge is 2.17. The lowest BCUT2D eigenvalue weighted by Gasteiger charge is -2.29. The van der Waals surface area contributed by atoms with E-state index in [-0.39, 0.29) is 0 Å². The van der Waals surface area contributed by atoms with Gasteiger partial charge in [0.1, 0.15) is 5.82 Å². The largest absolute Gasteiger partial charge is 0.368 e. The van der Waals surface area contributed by atoms with E-state index >= 15 is 0 Å². The second-order valence-electron chi connectivity index (χ2n) is 4.67. The van der Waals surface area contributed by atoms with Crippen LogP contribution < -0.4 is 10.6 Å². The van der Waals surface area contributed by atoms with Crippen molar-refractivity contribution in [3.63, 3.8) is 0 Å². The number of nitrogen functional groups attached to an aromatic ring is 1. The summed E-state index contributed by atoms with van der Waals surface area (Å²) in [6.07, 6.45) is 1.05. The van der Waals surface area contributed by atoms with E-state index in [0.29, 0.717) is 5.95 Å². The first kappa shape index (κ1) is 11.0. The number of hydrogen-bond donors (Lipinski definition) is 1. The van der Waals surface area contributed by atoms with Crippen molar-refractivity contribution in [2.75, 3.05) is 17.2 Å². The molecule has 4 heteroatoms. The number of aryl methyl sites for hydroxylation is 1. The van der Waals surface area contributed by atoms with Crippen molar-refractivity contribution in [3.05, 3.63) is 47.2 Å². The molecule has 0 bridgehead atoms. The van der Waals surface area contributed by atoms with Gasteiger partial charge in [-0.25, -0.2) is 4.98 Å². The van der Waals surface area contributed by atoms with Gasteiger partial charge in [0.05, 0.1) is 0 Å². The average Bonchev–Trinajstić information content (AvgIpc) is 2.37. The van der Waals surface area contributed by atoms with Crippen LogP contribution >= 0.6 is 0 Å². The average molecular weight is 240 g/mol. The SMILES string of the molecule is Cc1cc(N2CCc3ccccc3C2)nc(N)n1. The number of hydrogen-bond acceptors (Lipinski definition) is 4. The van der Waals surface area contributed by atoms with Gasteiger partial charge in [0.2, 0.25) is 5.95 Å². The van der Waals surface area contributed by atoms with Gasteiger partial charge in [-0.3, -0.25) is 0 Å². The van der Waals surface area contributed by atoms with Gasteiger partial charge in [0, 0.05) is 24.8 Å². The number of benzene rings is 1. The Morgan fingerprint density at radius 2 is 1.94 bits per heavy atom. The number of fused-ring (bicyclic) bond motifs is 1. The van der Waals surface area contributed by atoms with Crippen LogP contribution in [0, 0.1) is 6.92 Å². The number of aromatic nitrogens is 2. The van der Waals surface area contributed by atoms with Crippen LogP contribution in [0.25, 0.3) is 0 Å². The van der Waals surface area contributed by atoms with Crippen LogP contribution in [-0.2, 0) is 13.0 Å². The van der Waals surface area contributed by atoms with Crippen molar-refractivity contribution in [3.8, 4) is 0 Å². The van der Waals surface area contributed by atoms with Crippen molar-refractivity contribution in [2.24, 2.45) is 0 Å². The lowest BCUT2D eigenvalue weighted by molar-refractivity contribution is 0.719. The molecule has 1 aliphatic heterocycles. The highest BCUT2D eigenvalue weighted by Crippen LogP contribution is 2.23. The second-order valence-corrected chi connectivity index (χ2v) is 4.67. The molecule has 0 unspecified atom stereocenters. The highest BCUT2D eigenvalue weighted by molar-refractivity contribution is 5.47. The first-order valence-electron chi connectivity index (χ1n) is 6.15. The fraction of sp³-hybridized carbons (Fsp3) is 0.286. The molecule has 92 valence electrons. The zero-order valence-electron chi connectivity index (χ0n) is 10.4. The van der Waals surface area contributed by atoms with E-state index in [1.165, 1.54) is 11.1 Å². The molecule has 3 rings (SSSR count). The molecule has 0 amide bonds. The zero-order chi connectivity index (χ0) is 12.5. The molecule has 1 aromatic heterocycles. The topological polar surface area (TPSA) is 55.0 Å². The lowest BCUT2D eigenvalue weighted by atomic mass is 10.00. The van der Waals surface area contributed by atoms with E-state index < -0.39 is 0 Å². The summed E-state index contributed by atoms with van der Waals surface area (Å²) in [5.74, 6) is 1.28. The third-order valence-electron chi connectivity index (χ3n) is 3.31. The molecule has 2 N–H and O–H groups in total. The molecule has 0 saturated carbocycles. The molecule has 1 aromatic carbocycles. The number of anilines is 2. The molecule has 0 aliphatic carbocycles. The Morgan fingerprint density at radius 1 is 1.17 bits per heavy atom. The van der Waals surface area contributed by atoms with Gasteiger partial charge in [0.15, 0.2) is 0 Å². The van der Waals surface area contributed by atoms with Crippen molar-refractivity contribution in [1.82, 2.24) is 9.97 Å². The Morgan fingerprint density at radius 3 is 2.72 bits per heavy atom. The Kier molecular flexibility index (Phi) is 2.63. The molecular formula is C14H16N4. The molecule has 0 spiro atoms. The van der Waals surface area contributed by atoms with Gasteiger partial charge in [-0.15, -0.1) is 0 Å². The summed E-state index contributed by atoms with van der Waals surface area (Å²) in [5, 5.41) is 0. The molecule has 2 heterocycles. The summed E-state index contributed by atoms with van der Waals surface area (Å²) in [4.78, 5) is 10.7. The molecule has 2 aromatic rings. The van der Waals surface area contributed by atoms with Crippen LogP contribution in [0.2, 0.25) is 0 Å². The normalized spacial score (nSPS) is 14.4. The van der Waals surface area contributed by atoms with Crippen LogP contribution in [-0.4, -0.2) is 16.5 Å². The highest BCUT2D eigenvalue weighted by atomic mass is 15.2. The fourth-order valence-corrected chi connectivity index (χ4v) is 2.43. The van der Waals surface area contributed by atoms with Crippen LogP contribution in [0.1, 0.15) is 16.8 Å². The zero-order valence-corrected chi connectivity index (χ0v) is 10.4. The van der Waals surface area contributed by atoms with E-state index in [1.807, 2.05) is 13.0 Å². The van der Waals surface area contributed by atoms with E-state index in [2.05, 4.69) is 39.1 Å². The van der Waals surface area contributed by atoms with Crippen LogP contribution in [0.4, 0.5) is 11.8 Å². The van der Waals surface area contributed by atoms with Gasteiger partial charge in [-0.05, 0) is 24.5 Å². The summed E-state index contributed by atoms with van der Waals surface area (Å²) >= 11 is 0. The maximum atomic E-state index is 5.71. The molecule has 0 radical (unpaired) electrons. The number of nitrogens with zero attached hydrogens (tertiary/aromatic N) is 3. The van der Waals surface area contributed by atoms with Gasteiger partial charge in [0.25, 0.3) is 0 Å². The molecule has 1 aliphatic rings. The summed E-state index contributed by atoms with van der Waals surface area (Å²) in [6, 6.07) is 10.6. The third kappa shape index (κ3) is 2.01. The standard InChI is InChI=1S/C14H16N4/c1-10-8-13(17-14(15)16-10)18-7-6-11-4-2-3-5-12(11)9-18/h2-5,8H,6-7,9H2,1H3,(H2,15,16,17). The van der Waals surface area contributed by atoms with E-state index in [1.54, 1.807) is 0 Å². The Bertz CT molecular complexity index is 560. The van der Waals surface area contributed by atoms with E-state index in [9.17, 15) is 0 Å². The van der Waals surface area contributed by atoms with Crippen molar-refractivity contribution in [2.45, 2.75) is 19.9 Å². The third-order valence-corrected chi connectivity index (χ3v) is 3.31. The summed E-state index contributed by atoms with van der Waals surface area (Å²) < 4.78 is 0. The Hall–Kier alpha value is -2.10. The quantitative estimate of drug-likeness (QED) is 0.827. The monoisotopic (exact) mass is 240 g/mol. The summed E-state index contributed by atoms with van der Waals surface area (Å²) in [5.41, 5.74) is 9.44. The minimum Gasteiger partial charge on any atom is -0.368 e. The predicted octanol–water partition coefficient (Wildman–Crippen LogP) is 1.93. The first-order valence-corrected chi connectivity index (χ1v) is 6.15. The smallest absolute Gasteiger partial charge is 0.222 e. The molecule has 18 heavy (non-hydrogen) atoms. The minimum atomic E-state index is 0.351.